The minimum absolute atomic E-state index is 0.0130. The first-order chi connectivity index (χ1) is 11.4. The third kappa shape index (κ3) is 4.45. The lowest BCUT2D eigenvalue weighted by molar-refractivity contribution is -0.138. The summed E-state index contributed by atoms with van der Waals surface area (Å²) in [4.78, 5) is 46.1. The van der Waals surface area contributed by atoms with Crippen LogP contribution in [-0.4, -0.2) is 47.1 Å². The van der Waals surface area contributed by atoms with Crippen molar-refractivity contribution in [2.45, 2.75) is 19.3 Å². The van der Waals surface area contributed by atoms with Crippen LogP contribution in [0.1, 0.15) is 19.3 Å². The van der Waals surface area contributed by atoms with Gasteiger partial charge < -0.3 is 25.2 Å². The Labute approximate surface area is 136 Å². The Bertz CT molecular complexity index is 686. The van der Waals surface area contributed by atoms with Gasteiger partial charge in [-0.3, -0.25) is 19.2 Å². The SMILES string of the molecule is O=C(O)CCC(=O)Nc1ccc2c(c1)N(CCC(=O)O)C(=O)CO2. The van der Waals surface area contributed by atoms with Crippen LogP contribution in [0.25, 0.3) is 0 Å². The molecular formula is C15H16N2O7. The number of rotatable bonds is 7. The number of hydrogen-bond donors (Lipinski definition) is 3. The van der Waals surface area contributed by atoms with E-state index >= 15 is 0 Å². The number of ether oxygens (including phenoxy) is 1. The lowest BCUT2D eigenvalue weighted by Crippen LogP contribution is -2.40. The maximum absolute atomic E-state index is 11.9. The maximum Gasteiger partial charge on any atom is 0.305 e. The molecule has 0 radical (unpaired) electrons. The van der Waals surface area contributed by atoms with Crippen LogP contribution in [0.4, 0.5) is 11.4 Å². The van der Waals surface area contributed by atoms with Gasteiger partial charge >= 0.3 is 11.9 Å². The van der Waals surface area contributed by atoms with Gasteiger partial charge in [-0.1, -0.05) is 0 Å². The number of aliphatic carboxylic acids is 2. The molecule has 9 nitrogen and oxygen atoms in total. The number of benzene rings is 1. The van der Waals surface area contributed by atoms with Crippen LogP contribution in [0.5, 0.6) is 5.75 Å². The number of anilines is 2. The summed E-state index contributed by atoms with van der Waals surface area (Å²) in [5.74, 6) is -2.55. The Morgan fingerprint density at radius 3 is 2.50 bits per heavy atom. The average molecular weight is 336 g/mol. The number of hydrogen-bond acceptors (Lipinski definition) is 5. The first-order valence-corrected chi connectivity index (χ1v) is 7.17. The number of carbonyl (C=O) groups excluding carboxylic acids is 2. The quantitative estimate of drug-likeness (QED) is 0.667. The Hall–Kier alpha value is -3.10. The number of nitrogens with zero attached hydrogens (tertiary/aromatic N) is 1. The molecule has 1 aromatic rings. The molecule has 3 N–H and O–H groups in total. The zero-order valence-corrected chi connectivity index (χ0v) is 12.7. The normalized spacial score (nSPS) is 13.0. The summed E-state index contributed by atoms with van der Waals surface area (Å²) in [6.07, 6.45) is -0.686. The van der Waals surface area contributed by atoms with E-state index in [-0.39, 0.29) is 38.3 Å². The van der Waals surface area contributed by atoms with Crippen LogP contribution in [0, 0.1) is 0 Å². The van der Waals surface area contributed by atoms with Crippen molar-refractivity contribution in [3.63, 3.8) is 0 Å². The standard InChI is InChI=1S/C15H16N2O7/c18-12(3-4-14(20)21)16-9-1-2-11-10(7-9)17(6-5-15(22)23)13(19)8-24-11/h1-2,7H,3-6,8H2,(H,16,18)(H,20,21)(H,22,23). The first-order valence-electron chi connectivity index (χ1n) is 7.17. The lowest BCUT2D eigenvalue weighted by atomic mass is 10.2. The molecule has 0 aliphatic carbocycles. The van der Waals surface area contributed by atoms with Gasteiger partial charge in [0.05, 0.1) is 18.5 Å². The number of carboxylic acid groups (broad SMARTS) is 2. The highest BCUT2D eigenvalue weighted by Crippen LogP contribution is 2.34. The summed E-state index contributed by atoms with van der Waals surface area (Å²) < 4.78 is 5.28. The maximum atomic E-state index is 11.9. The number of fused-ring (bicyclic) bond motifs is 1. The third-order valence-corrected chi connectivity index (χ3v) is 3.30. The number of amides is 2. The van der Waals surface area contributed by atoms with Crippen molar-refractivity contribution in [3.05, 3.63) is 18.2 Å². The van der Waals surface area contributed by atoms with E-state index in [2.05, 4.69) is 5.32 Å². The van der Waals surface area contributed by atoms with Crippen LogP contribution < -0.4 is 15.0 Å². The monoisotopic (exact) mass is 336 g/mol. The van der Waals surface area contributed by atoms with Gasteiger partial charge in [0.15, 0.2) is 6.61 Å². The molecule has 1 aliphatic rings. The summed E-state index contributed by atoms with van der Waals surface area (Å²) in [6, 6.07) is 4.61. The van der Waals surface area contributed by atoms with E-state index in [0.29, 0.717) is 17.1 Å². The Kier molecular flexibility index (Phi) is 5.35. The molecule has 0 atom stereocenters. The molecule has 2 amide bonds. The Morgan fingerprint density at radius 2 is 1.83 bits per heavy atom. The predicted molar refractivity (Wildman–Crippen MR) is 82.0 cm³/mol. The van der Waals surface area contributed by atoms with Crippen molar-refractivity contribution in [3.8, 4) is 5.75 Å². The molecule has 1 heterocycles. The van der Waals surface area contributed by atoms with Crippen LogP contribution in [0.2, 0.25) is 0 Å². The van der Waals surface area contributed by atoms with E-state index in [1.54, 1.807) is 12.1 Å². The lowest BCUT2D eigenvalue weighted by Gasteiger charge is -2.29. The van der Waals surface area contributed by atoms with Gasteiger partial charge in [-0.15, -0.1) is 0 Å². The van der Waals surface area contributed by atoms with Crippen molar-refractivity contribution in [1.82, 2.24) is 0 Å². The molecule has 0 aromatic heterocycles. The molecule has 0 spiro atoms. The number of nitrogens with one attached hydrogen (secondary N) is 1. The smallest absolute Gasteiger partial charge is 0.305 e. The second-order valence-electron chi connectivity index (χ2n) is 5.10. The fourth-order valence-electron chi connectivity index (χ4n) is 2.18. The van der Waals surface area contributed by atoms with E-state index in [1.165, 1.54) is 11.0 Å². The first kappa shape index (κ1) is 17.3. The second kappa shape index (κ2) is 7.44. The van der Waals surface area contributed by atoms with Crippen molar-refractivity contribution < 1.29 is 34.1 Å². The molecule has 24 heavy (non-hydrogen) atoms. The highest BCUT2D eigenvalue weighted by atomic mass is 16.5. The minimum atomic E-state index is -1.07. The van der Waals surface area contributed by atoms with Gasteiger partial charge in [0.2, 0.25) is 5.91 Å². The Morgan fingerprint density at radius 1 is 1.12 bits per heavy atom. The van der Waals surface area contributed by atoms with Crippen molar-refractivity contribution >= 4 is 35.1 Å². The predicted octanol–water partition coefficient (Wildman–Crippen LogP) is 0.690. The highest BCUT2D eigenvalue weighted by molar-refractivity contribution is 6.00. The Balaban J connectivity index is 2.14. The van der Waals surface area contributed by atoms with Gasteiger partial charge in [-0.25, -0.2) is 0 Å². The van der Waals surface area contributed by atoms with Gasteiger partial charge in [0.1, 0.15) is 5.75 Å². The van der Waals surface area contributed by atoms with Gasteiger partial charge in [0.25, 0.3) is 5.91 Å². The molecule has 9 heteroatoms. The van der Waals surface area contributed by atoms with Crippen molar-refractivity contribution in [1.29, 1.82) is 0 Å². The third-order valence-electron chi connectivity index (χ3n) is 3.30. The highest BCUT2D eigenvalue weighted by Gasteiger charge is 2.26. The van der Waals surface area contributed by atoms with E-state index in [1.807, 2.05) is 0 Å². The molecule has 1 aromatic carbocycles. The van der Waals surface area contributed by atoms with Crippen LogP contribution in [0.15, 0.2) is 18.2 Å². The molecule has 0 fully saturated rings. The zero-order valence-electron chi connectivity index (χ0n) is 12.7. The summed E-state index contributed by atoms with van der Waals surface area (Å²) in [6.45, 7) is -0.197. The van der Waals surface area contributed by atoms with E-state index < -0.39 is 17.8 Å². The molecule has 0 unspecified atom stereocenters. The summed E-state index contributed by atoms with van der Waals surface area (Å²) in [7, 11) is 0. The summed E-state index contributed by atoms with van der Waals surface area (Å²) in [5, 5.41) is 19.9. The molecule has 1 aliphatic heterocycles. The largest absolute Gasteiger partial charge is 0.482 e. The molecular weight excluding hydrogens is 320 g/mol. The molecule has 128 valence electrons. The van der Waals surface area contributed by atoms with Crippen LogP contribution >= 0.6 is 0 Å². The molecule has 2 rings (SSSR count). The minimum Gasteiger partial charge on any atom is -0.482 e. The van der Waals surface area contributed by atoms with Crippen LogP contribution in [-0.2, 0) is 19.2 Å². The van der Waals surface area contributed by atoms with Crippen LogP contribution in [0.3, 0.4) is 0 Å². The zero-order chi connectivity index (χ0) is 17.7. The van der Waals surface area contributed by atoms with E-state index in [0.717, 1.165) is 0 Å². The van der Waals surface area contributed by atoms with Crippen molar-refractivity contribution in [2.75, 3.05) is 23.4 Å². The van der Waals surface area contributed by atoms with Crippen molar-refractivity contribution in [2.24, 2.45) is 0 Å². The fraction of sp³-hybridized carbons (Fsp3) is 0.333. The van der Waals surface area contributed by atoms with Gasteiger partial charge in [-0.05, 0) is 18.2 Å². The number of carbonyl (C=O) groups is 4. The summed E-state index contributed by atoms with van der Waals surface area (Å²) in [5.41, 5.74) is 0.728. The number of carboxylic acids is 2. The molecule has 0 saturated heterocycles. The molecule has 0 saturated carbocycles. The molecule has 0 bridgehead atoms. The van der Waals surface area contributed by atoms with E-state index in [4.69, 9.17) is 14.9 Å². The van der Waals surface area contributed by atoms with Gasteiger partial charge in [-0.2, -0.15) is 0 Å². The summed E-state index contributed by atoms with van der Waals surface area (Å²) >= 11 is 0. The average Bonchev–Trinajstić information content (AvgIpc) is 2.51. The van der Waals surface area contributed by atoms with Gasteiger partial charge in [0, 0.05) is 18.7 Å². The van der Waals surface area contributed by atoms with E-state index in [9.17, 15) is 19.2 Å². The second-order valence-corrected chi connectivity index (χ2v) is 5.10. The fourth-order valence-corrected chi connectivity index (χ4v) is 2.18. The topological polar surface area (TPSA) is 133 Å².